The molecule has 0 atom stereocenters. The topological polar surface area (TPSA) is 121 Å². The van der Waals surface area contributed by atoms with Gasteiger partial charge in [0, 0.05) is 10.9 Å². The standard InChI is InChI=1S/C23H25Br2N5O5/c1-22(2,3)34-20(31)30(21(32)35-23(4,5)6)17-16(27-15(25)12-26-17)19-29-28-18(33-19)14-9-7-13(11-24)8-10-14/h7-10,12H,11H2,1-6H3. The Morgan fingerprint density at radius 1 is 0.943 bits per heavy atom. The summed E-state index contributed by atoms with van der Waals surface area (Å²) in [5, 5.41) is 8.88. The molecule has 3 rings (SSSR count). The van der Waals surface area contributed by atoms with Crippen molar-refractivity contribution in [2.75, 3.05) is 4.90 Å². The number of aromatic nitrogens is 4. The third-order valence-electron chi connectivity index (χ3n) is 4.07. The van der Waals surface area contributed by atoms with Gasteiger partial charge in [0.1, 0.15) is 15.8 Å². The number of halogens is 2. The highest BCUT2D eigenvalue weighted by atomic mass is 79.9. The molecule has 0 radical (unpaired) electrons. The van der Waals surface area contributed by atoms with E-state index < -0.39 is 23.4 Å². The van der Waals surface area contributed by atoms with E-state index in [-0.39, 0.29) is 23.3 Å². The molecule has 0 spiro atoms. The van der Waals surface area contributed by atoms with Crippen molar-refractivity contribution >= 4 is 49.9 Å². The van der Waals surface area contributed by atoms with Gasteiger partial charge in [-0.3, -0.25) is 0 Å². The first kappa shape index (κ1) is 26.7. The van der Waals surface area contributed by atoms with Gasteiger partial charge in [0.05, 0.1) is 6.20 Å². The number of carbonyl (C=O) groups excluding carboxylic acids is 2. The van der Waals surface area contributed by atoms with Crippen molar-refractivity contribution in [1.82, 2.24) is 20.2 Å². The van der Waals surface area contributed by atoms with E-state index in [2.05, 4.69) is 52.0 Å². The predicted octanol–water partition coefficient (Wildman–Crippen LogP) is 6.53. The number of nitrogens with zero attached hydrogens (tertiary/aromatic N) is 5. The van der Waals surface area contributed by atoms with Gasteiger partial charge < -0.3 is 13.9 Å². The molecule has 0 aliphatic heterocycles. The number of hydrogen-bond donors (Lipinski definition) is 0. The van der Waals surface area contributed by atoms with E-state index in [9.17, 15) is 9.59 Å². The Bertz CT molecular complexity index is 1190. The summed E-state index contributed by atoms with van der Waals surface area (Å²) in [6, 6.07) is 7.53. The minimum atomic E-state index is -0.991. The number of carbonyl (C=O) groups is 2. The normalized spacial score (nSPS) is 11.8. The van der Waals surface area contributed by atoms with Crippen LogP contribution < -0.4 is 4.90 Å². The van der Waals surface area contributed by atoms with Crippen molar-refractivity contribution in [1.29, 1.82) is 0 Å². The van der Waals surface area contributed by atoms with E-state index in [0.29, 0.717) is 20.4 Å². The van der Waals surface area contributed by atoms with Crippen molar-refractivity contribution in [2.24, 2.45) is 0 Å². The van der Waals surface area contributed by atoms with E-state index in [1.165, 1.54) is 6.20 Å². The third-order valence-corrected chi connectivity index (χ3v) is 5.10. The fourth-order valence-corrected chi connectivity index (χ4v) is 3.36. The summed E-state index contributed by atoms with van der Waals surface area (Å²) in [5.74, 6) is 0.00181. The molecule has 186 valence electrons. The Morgan fingerprint density at radius 3 is 2.00 bits per heavy atom. The van der Waals surface area contributed by atoms with E-state index >= 15 is 0 Å². The molecule has 10 nitrogen and oxygen atoms in total. The molecular formula is C23H25Br2N5O5. The number of amides is 2. The quantitative estimate of drug-likeness (QED) is 0.304. The van der Waals surface area contributed by atoms with Gasteiger partial charge in [0.25, 0.3) is 5.89 Å². The number of ether oxygens (including phenoxy) is 2. The zero-order valence-corrected chi connectivity index (χ0v) is 23.3. The lowest BCUT2D eigenvalue weighted by atomic mass is 10.1. The van der Waals surface area contributed by atoms with Crippen molar-refractivity contribution in [3.8, 4) is 23.0 Å². The molecule has 12 heteroatoms. The van der Waals surface area contributed by atoms with Gasteiger partial charge in [-0.1, -0.05) is 28.1 Å². The summed E-state index contributed by atoms with van der Waals surface area (Å²) in [6.07, 6.45) is -0.652. The van der Waals surface area contributed by atoms with Crippen LogP contribution in [0.4, 0.5) is 15.4 Å². The highest BCUT2D eigenvalue weighted by molar-refractivity contribution is 9.10. The summed E-state index contributed by atoms with van der Waals surface area (Å²) in [6.45, 7) is 10.1. The molecule has 0 aliphatic carbocycles. The summed E-state index contributed by atoms with van der Waals surface area (Å²) >= 11 is 6.67. The first-order valence-electron chi connectivity index (χ1n) is 10.5. The van der Waals surface area contributed by atoms with E-state index in [1.807, 2.05) is 24.3 Å². The van der Waals surface area contributed by atoms with Crippen LogP contribution in [0.1, 0.15) is 47.1 Å². The smallest absolute Gasteiger partial charge is 0.425 e. The number of rotatable bonds is 4. The van der Waals surface area contributed by atoms with Gasteiger partial charge in [-0.05, 0) is 75.2 Å². The van der Waals surface area contributed by atoms with E-state index in [1.54, 1.807) is 41.5 Å². The van der Waals surface area contributed by atoms with Gasteiger partial charge in [0.2, 0.25) is 5.89 Å². The molecule has 0 aliphatic rings. The maximum Gasteiger partial charge on any atom is 0.425 e. The van der Waals surface area contributed by atoms with Crippen LogP contribution in [0.2, 0.25) is 0 Å². The Kier molecular flexibility index (Phi) is 7.95. The van der Waals surface area contributed by atoms with Gasteiger partial charge in [0.15, 0.2) is 11.5 Å². The highest BCUT2D eigenvalue weighted by Gasteiger charge is 2.37. The van der Waals surface area contributed by atoms with Gasteiger partial charge in [-0.15, -0.1) is 10.2 Å². The van der Waals surface area contributed by atoms with Crippen LogP contribution in [0.3, 0.4) is 0 Å². The molecule has 0 bridgehead atoms. The van der Waals surface area contributed by atoms with Crippen molar-refractivity contribution < 1.29 is 23.5 Å². The second-order valence-corrected chi connectivity index (χ2v) is 10.8. The number of benzene rings is 1. The maximum atomic E-state index is 13.1. The molecule has 1 aromatic carbocycles. The molecule has 0 saturated carbocycles. The average molecular weight is 611 g/mol. The van der Waals surface area contributed by atoms with Crippen molar-refractivity contribution in [3.63, 3.8) is 0 Å². The number of imide groups is 1. The molecular weight excluding hydrogens is 586 g/mol. The molecule has 3 aromatic rings. The zero-order valence-electron chi connectivity index (χ0n) is 20.1. The average Bonchev–Trinajstić information content (AvgIpc) is 3.22. The highest BCUT2D eigenvalue weighted by Crippen LogP contribution is 2.32. The minimum absolute atomic E-state index is 0.00748. The number of alkyl halides is 1. The SMILES string of the molecule is CC(C)(C)OC(=O)N(C(=O)OC(C)(C)C)c1ncc(Br)nc1-c1nnc(-c2ccc(CBr)cc2)o1. The number of hydrogen-bond acceptors (Lipinski definition) is 9. The zero-order chi connectivity index (χ0) is 26.0. The van der Waals surface area contributed by atoms with Gasteiger partial charge in [-0.25, -0.2) is 19.6 Å². The second-order valence-electron chi connectivity index (χ2n) is 9.40. The molecule has 0 saturated heterocycles. The second kappa shape index (κ2) is 10.4. The summed E-state index contributed by atoms with van der Waals surface area (Å²) in [7, 11) is 0. The Morgan fingerprint density at radius 2 is 1.49 bits per heavy atom. The number of anilines is 1. The summed E-state index contributed by atoms with van der Waals surface area (Å²) in [4.78, 5) is 35.5. The summed E-state index contributed by atoms with van der Waals surface area (Å²) < 4.78 is 17.1. The van der Waals surface area contributed by atoms with Crippen LogP contribution in [0, 0.1) is 0 Å². The fraction of sp³-hybridized carbons (Fsp3) is 0.391. The largest absolute Gasteiger partial charge is 0.443 e. The van der Waals surface area contributed by atoms with Crippen molar-refractivity contribution in [2.45, 2.75) is 58.1 Å². The third kappa shape index (κ3) is 7.07. The predicted molar refractivity (Wildman–Crippen MR) is 136 cm³/mol. The van der Waals surface area contributed by atoms with E-state index in [0.717, 1.165) is 5.56 Å². The van der Waals surface area contributed by atoms with E-state index in [4.69, 9.17) is 13.9 Å². The minimum Gasteiger partial charge on any atom is -0.443 e. The first-order valence-corrected chi connectivity index (χ1v) is 12.5. The van der Waals surface area contributed by atoms with Crippen molar-refractivity contribution in [3.05, 3.63) is 40.6 Å². The molecule has 2 heterocycles. The molecule has 0 fully saturated rings. The van der Waals surface area contributed by atoms with Crippen LogP contribution in [0.15, 0.2) is 39.5 Å². The maximum absolute atomic E-state index is 13.1. The lowest BCUT2D eigenvalue weighted by molar-refractivity contribution is 0.0429. The van der Waals surface area contributed by atoms with Gasteiger partial charge in [-0.2, -0.15) is 4.90 Å². The molecule has 35 heavy (non-hydrogen) atoms. The van der Waals surface area contributed by atoms with Crippen LogP contribution in [-0.2, 0) is 14.8 Å². The van der Waals surface area contributed by atoms with Gasteiger partial charge >= 0.3 is 12.2 Å². The van der Waals surface area contributed by atoms with Crippen LogP contribution >= 0.6 is 31.9 Å². The van der Waals surface area contributed by atoms with Crippen LogP contribution in [-0.4, -0.2) is 43.6 Å². The first-order chi connectivity index (χ1) is 16.3. The summed E-state index contributed by atoms with van der Waals surface area (Å²) in [5.41, 5.74) is -0.0154. The van der Waals surface area contributed by atoms with Crippen LogP contribution in [0.5, 0.6) is 0 Å². The van der Waals surface area contributed by atoms with Crippen LogP contribution in [0.25, 0.3) is 23.0 Å². The monoisotopic (exact) mass is 609 g/mol. The Labute approximate surface area is 219 Å². The molecule has 0 N–H and O–H groups in total. The lowest BCUT2D eigenvalue weighted by Crippen LogP contribution is -2.44. The lowest BCUT2D eigenvalue weighted by Gasteiger charge is -2.28. The molecule has 0 unspecified atom stereocenters. The molecule has 2 aromatic heterocycles. The Hall–Kier alpha value is -2.86. The molecule has 2 amide bonds. The Balaban J connectivity index is 2.09. The fourth-order valence-electron chi connectivity index (χ4n) is 2.70.